The summed E-state index contributed by atoms with van der Waals surface area (Å²) in [5, 5.41) is 10.4. The average molecular weight is 367 g/mol. The van der Waals surface area contributed by atoms with Gasteiger partial charge in [-0.1, -0.05) is 11.6 Å². The summed E-state index contributed by atoms with van der Waals surface area (Å²) in [7, 11) is 0. The molecule has 1 aromatic carbocycles. The van der Waals surface area contributed by atoms with Gasteiger partial charge in [0.05, 0.1) is 17.2 Å². The van der Waals surface area contributed by atoms with Gasteiger partial charge in [-0.25, -0.2) is 4.98 Å². The van der Waals surface area contributed by atoms with Crippen molar-refractivity contribution in [1.29, 1.82) is 0 Å². The third-order valence-electron chi connectivity index (χ3n) is 3.13. The number of aromatic nitrogens is 1. The number of ether oxygens (including phenoxy) is 1. The Morgan fingerprint density at radius 3 is 2.75 bits per heavy atom. The molecule has 0 spiro atoms. The average Bonchev–Trinajstić information content (AvgIpc) is 2.98. The van der Waals surface area contributed by atoms with Gasteiger partial charge in [-0.2, -0.15) is 0 Å². The number of halogens is 1. The Kier molecular flexibility index (Phi) is 7.85. The number of aryl methyl sites for hydroxylation is 1. The fraction of sp³-hybridized carbons (Fsp3) is 0.412. The Hall–Kier alpha value is -1.79. The molecular weight excluding hydrogens is 344 g/mol. The Bertz CT molecular complexity index is 642. The minimum atomic E-state index is 0.553. The maximum absolute atomic E-state index is 5.85. The summed E-state index contributed by atoms with van der Waals surface area (Å²) >= 11 is 7.52. The quantitative estimate of drug-likeness (QED) is 0.427. The van der Waals surface area contributed by atoms with E-state index in [-0.39, 0.29) is 0 Å². The number of hydrogen-bond donors (Lipinski definition) is 2. The SMILES string of the molecule is CCNC(=NCCc1csc(C)n1)NCCOc1ccc(Cl)cc1. The van der Waals surface area contributed by atoms with Gasteiger partial charge >= 0.3 is 0 Å². The van der Waals surface area contributed by atoms with Crippen LogP contribution in [0.3, 0.4) is 0 Å². The monoisotopic (exact) mass is 366 g/mol. The van der Waals surface area contributed by atoms with E-state index < -0.39 is 0 Å². The van der Waals surface area contributed by atoms with Gasteiger partial charge in [0.15, 0.2) is 5.96 Å². The van der Waals surface area contributed by atoms with E-state index in [1.54, 1.807) is 11.3 Å². The van der Waals surface area contributed by atoms with Crippen molar-refractivity contribution in [2.75, 3.05) is 26.2 Å². The number of benzene rings is 1. The third-order valence-corrected chi connectivity index (χ3v) is 4.20. The maximum Gasteiger partial charge on any atom is 0.191 e. The molecule has 2 N–H and O–H groups in total. The van der Waals surface area contributed by atoms with Crippen LogP contribution in [0.2, 0.25) is 5.02 Å². The van der Waals surface area contributed by atoms with Crippen LogP contribution < -0.4 is 15.4 Å². The lowest BCUT2D eigenvalue weighted by atomic mass is 10.3. The summed E-state index contributed by atoms with van der Waals surface area (Å²) in [6, 6.07) is 7.35. The minimum Gasteiger partial charge on any atom is -0.492 e. The smallest absolute Gasteiger partial charge is 0.191 e. The highest BCUT2D eigenvalue weighted by Crippen LogP contribution is 2.15. The summed E-state index contributed by atoms with van der Waals surface area (Å²) in [5.41, 5.74) is 1.10. The molecule has 0 fully saturated rings. The molecule has 2 rings (SSSR count). The Morgan fingerprint density at radius 1 is 1.29 bits per heavy atom. The largest absolute Gasteiger partial charge is 0.492 e. The summed E-state index contributed by atoms with van der Waals surface area (Å²) in [6.45, 7) is 6.81. The van der Waals surface area contributed by atoms with Crippen molar-refractivity contribution >= 4 is 28.9 Å². The van der Waals surface area contributed by atoms with Crippen LogP contribution in [0.1, 0.15) is 17.6 Å². The van der Waals surface area contributed by atoms with E-state index in [2.05, 4.69) is 26.0 Å². The molecule has 0 saturated heterocycles. The number of thiazole rings is 1. The summed E-state index contributed by atoms with van der Waals surface area (Å²) in [4.78, 5) is 9.01. The predicted octanol–water partition coefficient (Wildman–Crippen LogP) is 3.28. The summed E-state index contributed by atoms with van der Waals surface area (Å²) < 4.78 is 5.65. The standard InChI is InChI=1S/C17H23ClN4OS/c1-3-19-17(20-9-8-15-12-24-13(2)22-15)21-10-11-23-16-6-4-14(18)5-7-16/h4-7,12H,3,8-11H2,1-2H3,(H2,19,20,21). The molecular formula is C17H23ClN4OS. The molecule has 1 heterocycles. The molecule has 2 aromatic rings. The second-order valence-electron chi connectivity index (χ2n) is 5.10. The highest BCUT2D eigenvalue weighted by Gasteiger charge is 2.00. The predicted molar refractivity (Wildman–Crippen MR) is 101 cm³/mol. The van der Waals surface area contributed by atoms with Gasteiger partial charge in [0.1, 0.15) is 12.4 Å². The zero-order valence-electron chi connectivity index (χ0n) is 14.0. The number of guanidine groups is 1. The lowest BCUT2D eigenvalue weighted by Gasteiger charge is -2.12. The number of nitrogens with one attached hydrogen (secondary N) is 2. The molecule has 130 valence electrons. The van der Waals surface area contributed by atoms with Crippen molar-refractivity contribution in [3.63, 3.8) is 0 Å². The van der Waals surface area contributed by atoms with Crippen molar-refractivity contribution in [3.05, 3.63) is 45.4 Å². The first-order valence-corrected chi connectivity index (χ1v) is 9.24. The fourth-order valence-electron chi connectivity index (χ4n) is 2.02. The van der Waals surface area contributed by atoms with Crippen LogP contribution in [0, 0.1) is 6.92 Å². The van der Waals surface area contributed by atoms with E-state index in [4.69, 9.17) is 16.3 Å². The lowest BCUT2D eigenvalue weighted by molar-refractivity contribution is 0.322. The van der Waals surface area contributed by atoms with Crippen LogP contribution in [0.15, 0.2) is 34.6 Å². The van der Waals surface area contributed by atoms with E-state index >= 15 is 0 Å². The Balaban J connectivity index is 1.71. The summed E-state index contributed by atoms with van der Waals surface area (Å²) in [5.74, 6) is 1.60. The molecule has 0 amide bonds. The van der Waals surface area contributed by atoms with Crippen LogP contribution in [0.25, 0.3) is 0 Å². The maximum atomic E-state index is 5.85. The molecule has 0 aliphatic rings. The molecule has 0 unspecified atom stereocenters. The Labute approximate surface area is 152 Å². The minimum absolute atomic E-state index is 0.553. The highest BCUT2D eigenvalue weighted by atomic mass is 35.5. The molecule has 0 atom stereocenters. The topological polar surface area (TPSA) is 58.5 Å². The zero-order chi connectivity index (χ0) is 17.2. The molecule has 1 aromatic heterocycles. The van der Waals surface area contributed by atoms with E-state index in [0.717, 1.165) is 35.4 Å². The second-order valence-corrected chi connectivity index (χ2v) is 6.60. The van der Waals surface area contributed by atoms with Crippen molar-refractivity contribution in [2.24, 2.45) is 4.99 Å². The van der Waals surface area contributed by atoms with Gasteiger partial charge in [0, 0.05) is 29.9 Å². The lowest BCUT2D eigenvalue weighted by Crippen LogP contribution is -2.39. The van der Waals surface area contributed by atoms with E-state index in [1.807, 2.05) is 38.1 Å². The number of hydrogen-bond acceptors (Lipinski definition) is 4. The molecule has 5 nitrogen and oxygen atoms in total. The molecule has 0 radical (unpaired) electrons. The molecule has 24 heavy (non-hydrogen) atoms. The first-order chi connectivity index (χ1) is 11.7. The molecule has 7 heteroatoms. The van der Waals surface area contributed by atoms with Gasteiger partial charge in [0.2, 0.25) is 0 Å². The Morgan fingerprint density at radius 2 is 2.08 bits per heavy atom. The van der Waals surface area contributed by atoms with Gasteiger partial charge in [-0.3, -0.25) is 4.99 Å². The van der Waals surface area contributed by atoms with Crippen LogP contribution in [0.4, 0.5) is 0 Å². The first kappa shape index (κ1) is 18.5. The van der Waals surface area contributed by atoms with E-state index in [1.165, 1.54) is 0 Å². The van der Waals surface area contributed by atoms with E-state index in [9.17, 15) is 0 Å². The first-order valence-electron chi connectivity index (χ1n) is 7.99. The van der Waals surface area contributed by atoms with Crippen molar-refractivity contribution < 1.29 is 4.74 Å². The molecule has 0 saturated carbocycles. The fourth-order valence-corrected chi connectivity index (χ4v) is 2.79. The van der Waals surface area contributed by atoms with Crippen LogP contribution >= 0.6 is 22.9 Å². The van der Waals surface area contributed by atoms with Crippen molar-refractivity contribution in [1.82, 2.24) is 15.6 Å². The number of nitrogens with zero attached hydrogens (tertiary/aromatic N) is 2. The van der Waals surface area contributed by atoms with E-state index in [0.29, 0.717) is 24.7 Å². The van der Waals surface area contributed by atoms with Gasteiger partial charge < -0.3 is 15.4 Å². The van der Waals surface area contributed by atoms with Crippen molar-refractivity contribution in [3.8, 4) is 5.75 Å². The van der Waals surface area contributed by atoms with Crippen LogP contribution in [-0.2, 0) is 6.42 Å². The van der Waals surface area contributed by atoms with Crippen LogP contribution in [-0.4, -0.2) is 37.2 Å². The zero-order valence-corrected chi connectivity index (χ0v) is 15.6. The molecule has 0 bridgehead atoms. The normalized spacial score (nSPS) is 11.4. The van der Waals surface area contributed by atoms with Crippen molar-refractivity contribution in [2.45, 2.75) is 20.3 Å². The van der Waals surface area contributed by atoms with Gasteiger partial charge in [-0.15, -0.1) is 11.3 Å². The van der Waals surface area contributed by atoms with Gasteiger partial charge in [-0.05, 0) is 38.1 Å². The number of rotatable bonds is 8. The van der Waals surface area contributed by atoms with Gasteiger partial charge in [0.25, 0.3) is 0 Å². The molecule has 0 aliphatic heterocycles. The number of aliphatic imine (C=N–C) groups is 1. The summed E-state index contributed by atoms with van der Waals surface area (Å²) in [6.07, 6.45) is 0.849. The molecule has 0 aliphatic carbocycles. The highest BCUT2D eigenvalue weighted by molar-refractivity contribution is 7.09. The van der Waals surface area contributed by atoms with Crippen LogP contribution in [0.5, 0.6) is 5.75 Å². The second kappa shape index (κ2) is 10.2. The third kappa shape index (κ3) is 6.76.